The largest absolute Gasteiger partial charge is 0.465 e. The Balaban J connectivity index is 2.29. The molecule has 0 aromatic carbocycles. The number of hydrogen-bond acceptors (Lipinski definition) is 7. The lowest BCUT2D eigenvalue weighted by atomic mass is 9.94. The number of carbonyl (C=O) groups is 1. The summed E-state index contributed by atoms with van der Waals surface area (Å²) in [6.45, 7) is 0. The molecule has 2 unspecified atom stereocenters. The van der Waals surface area contributed by atoms with Crippen molar-refractivity contribution in [3.8, 4) is 11.6 Å². The van der Waals surface area contributed by atoms with Gasteiger partial charge in [-0.15, -0.1) is 10.2 Å². The molecule has 2 aromatic heterocycles. The van der Waals surface area contributed by atoms with Gasteiger partial charge in [-0.25, -0.2) is 9.78 Å². The van der Waals surface area contributed by atoms with Crippen LogP contribution >= 0.6 is 0 Å². The molecule has 0 fully saturated rings. The minimum absolute atomic E-state index is 0.0519. The maximum absolute atomic E-state index is 13.8. The fourth-order valence-electron chi connectivity index (χ4n) is 3.66. The highest BCUT2D eigenvalue weighted by Gasteiger charge is 2.58. The molecule has 0 aliphatic carbocycles. The number of nitrogens with zero attached hydrogens (tertiary/aromatic N) is 3. The Kier molecular flexibility index (Phi) is 7.07. The molecular weight excluding hydrogens is 478 g/mol. The highest BCUT2D eigenvalue weighted by Crippen LogP contribution is 2.45. The van der Waals surface area contributed by atoms with Crippen LogP contribution in [0.1, 0.15) is 61.8 Å². The lowest BCUT2D eigenvalue weighted by Crippen LogP contribution is -2.42. The minimum Gasteiger partial charge on any atom is -0.465 e. The Labute approximate surface area is 188 Å². The number of amides is 1. The summed E-state index contributed by atoms with van der Waals surface area (Å²) in [5.41, 5.74) is -6.83. The van der Waals surface area contributed by atoms with E-state index in [9.17, 15) is 36.2 Å². The first-order chi connectivity index (χ1) is 15.8. The third kappa shape index (κ3) is 5.09. The number of halogens is 6. The normalized spacial score (nSPS) is 22.2. The number of pyridine rings is 1. The third-order valence-electron chi connectivity index (χ3n) is 5.39. The van der Waals surface area contributed by atoms with E-state index in [0.29, 0.717) is 18.9 Å². The number of ether oxygens (including phenoxy) is 1. The Morgan fingerprint density at radius 2 is 1.85 bits per heavy atom. The fourth-order valence-corrected chi connectivity index (χ4v) is 3.66. The average Bonchev–Trinajstić information content (AvgIpc) is 3.21. The molecule has 2 aromatic rings. The number of rotatable bonds is 2. The standard InChI is InChI=1S/C19H20F6N4O5/c1-33-11-6-4-2-3-5-7-17(32,19(23,24)25)15-29-28-14(34-15)13-10(26-16(30)31)8-9(12(11)27-13)18(20,21)22/h8,11,26,32H,2-7H2,1H3,(H,30,31). The molecule has 9 nitrogen and oxygen atoms in total. The molecule has 0 saturated heterocycles. The second-order valence-corrected chi connectivity index (χ2v) is 7.69. The molecular formula is C19H20F6N4O5. The van der Waals surface area contributed by atoms with Crippen molar-refractivity contribution < 1.29 is 50.5 Å². The van der Waals surface area contributed by atoms with Crippen molar-refractivity contribution in [3.63, 3.8) is 0 Å². The van der Waals surface area contributed by atoms with Gasteiger partial charge >= 0.3 is 18.4 Å². The van der Waals surface area contributed by atoms with Gasteiger partial charge in [0.1, 0.15) is 0 Å². The van der Waals surface area contributed by atoms with Gasteiger partial charge in [0.25, 0.3) is 11.8 Å². The van der Waals surface area contributed by atoms with E-state index in [1.807, 2.05) is 0 Å². The number of methoxy groups -OCH3 is 1. The van der Waals surface area contributed by atoms with Crippen molar-refractivity contribution in [1.82, 2.24) is 15.2 Å². The van der Waals surface area contributed by atoms with E-state index >= 15 is 0 Å². The van der Waals surface area contributed by atoms with Gasteiger partial charge in [-0.05, 0) is 25.3 Å². The zero-order valence-corrected chi connectivity index (χ0v) is 17.6. The monoisotopic (exact) mass is 498 g/mol. The van der Waals surface area contributed by atoms with Crippen molar-refractivity contribution in [2.75, 3.05) is 12.4 Å². The molecule has 0 spiro atoms. The molecule has 0 radical (unpaired) electrons. The highest BCUT2D eigenvalue weighted by molar-refractivity contribution is 5.88. The molecule has 3 rings (SSSR count). The van der Waals surface area contributed by atoms with Crippen LogP contribution in [0.3, 0.4) is 0 Å². The number of fused-ring (bicyclic) bond motifs is 5. The maximum Gasteiger partial charge on any atom is 0.426 e. The second-order valence-electron chi connectivity index (χ2n) is 7.69. The van der Waals surface area contributed by atoms with Gasteiger partial charge in [0.05, 0.1) is 23.0 Å². The number of nitrogens with one attached hydrogen (secondary N) is 1. The summed E-state index contributed by atoms with van der Waals surface area (Å²) in [4.78, 5) is 15.0. The number of aliphatic hydroxyl groups is 1. The smallest absolute Gasteiger partial charge is 0.426 e. The number of aromatic nitrogens is 3. The van der Waals surface area contributed by atoms with E-state index in [0.717, 1.165) is 0 Å². The summed E-state index contributed by atoms with van der Waals surface area (Å²) in [7, 11) is 1.17. The summed E-state index contributed by atoms with van der Waals surface area (Å²) in [6, 6.07) is 0.434. The molecule has 1 aliphatic heterocycles. The first-order valence-corrected chi connectivity index (χ1v) is 10.1. The summed E-state index contributed by atoms with van der Waals surface area (Å²) in [5, 5.41) is 27.8. The number of alkyl halides is 6. The number of hydrogen-bond donors (Lipinski definition) is 3. The van der Waals surface area contributed by atoms with Crippen LogP contribution in [0, 0.1) is 0 Å². The Morgan fingerprint density at radius 1 is 1.18 bits per heavy atom. The van der Waals surface area contributed by atoms with E-state index in [1.165, 1.54) is 7.11 Å². The molecule has 4 bridgehead atoms. The quantitative estimate of drug-likeness (QED) is 0.492. The molecule has 0 saturated carbocycles. The molecule has 2 atom stereocenters. The van der Waals surface area contributed by atoms with Crippen molar-refractivity contribution in [1.29, 1.82) is 0 Å². The third-order valence-corrected chi connectivity index (χ3v) is 5.39. The molecule has 188 valence electrons. The van der Waals surface area contributed by atoms with Crippen molar-refractivity contribution in [3.05, 3.63) is 23.2 Å². The van der Waals surface area contributed by atoms with Crippen LogP contribution < -0.4 is 5.32 Å². The van der Waals surface area contributed by atoms with E-state index in [4.69, 9.17) is 14.3 Å². The van der Waals surface area contributed by atoms with Crippen molar-refractivity contribution in [2.45, 2.75) is 62.6 Å². The predicted octanol–water partition coefficient (Wildman–Crippen LogP) is 5.03. The predicted molar refractivity (Wildman–Crippen MR) is 102 cm³/mol. The lowest BCUT2D eigenvalue weighted by molar-refractivity contribution is -0.277. The summed E-state index contributed by atoms with van der Waals surface area (Å²) in [5.74, 6) is -2.05. The van der Waals surface area contributed by atoms with Crippen LogP contribution in [0.25, 0.3) is 11.6 Å². The van der Waals surface area contributed by atoms with Crippen LogP contribution in [0.15, 0.2) is 10.5 Å². The number of anilines is 1. The Morgan fingerprint density at radius 3 is 2.44 bits per heavy atom. The van der Waals surface area contributed by atoms with Gasteiger partial charge in [-0.1, -0.05) is 19.3 Å². The molecule has 1 amide bonds. The molecule has 34 heavy (non-hydrogen) atoms. The van der Waals surface area contributed by atoms with E-state index < -0.39 is 71.0 Å². The van der Waals surface area contributed by atoms with E-state index in [2.05, 4.69) is 15.2 Å². The molecule has 15 heteroatoms. The van der Waals surface area contributed by atoms with Crippen molar-refractivity contribution in [2.24, 2.45) is 0 Å². The van der Waals surface area contributed by atoms with Crippen molar-refractivity contribution >= 4 is 11.8 Å². The first-order valence-electron chi connectivity index (χ1n) is 10.1. The zero-order chi connectivity index (χ0) is 25.3. The second kappa shape index (κ2) is 9.37. The topological polar surface area (TPSA) is 131 Å². The van der Waals surface area contributed by atoms with Crippen LogP contribution in [-0.2, 0) is 16.5 Å². The first kappa shape index (κ1) is 25.7. The van der Waals surface area contributed by atoms with Crippen LogP contribution in [0.5, 0.6) is 0 Å². The van der Waals surface area contributed by atoms with Gasteiger partial charge in [0.2, 0.25) is 5.60 Å². The van der Waals surface area contributed by atoms with Gasteiger partial charge in [0.15, 0.2) is 5.69 Å². The average molecular weight is 498 g/mol. The highest BCUT2D eigenvalue weighted by atomic mass is 19.4. The summed E-state index contributed by atoms with van der Waals surface area (Å²) >= 11 is 0. The van der Waals surface area contributed by atoms with E-state index in [1.54, 1.807) is 5.32 Å². The Hall–Kier alpha value is -2.94. The summed E-state index contributed by atoms with van der Waals surface area (Å²) in [6.07, 6.45) is -13.0. The van der Waals surface area contributed by atoms with Crippen LogP contribution in [0.4, 0.5) is 36.8 Å². The Bertz CT molecular complexity index is 1040. The zero-order valence-electron chi connectivity index (χ0n) is 17.6. The van der Waals surface area contributed by atoms with E-state index in [-0.39, 0.29) is 19.3 Å². The summed E-state index contributed by atoms with van der Waals surface area (Å²) < 4.78 is 92.7. The minimum atomic E-state index is -5.20. The number of carboxylic acid groups (broad SMARTS) is 1. The molecule has 3 heterocycles. The van der Waals surface area contributed by atoms with Gasteiger partial charge in [0, 0.05) is 7.11 Å². The van der Waals surface area contributed by atoms with Crippen LogP contribution in [0.2, 0.25) is 0 Å². The van der Waals surface area contributed by atoms with Gasteiger partial charge in [-0.3, -0.25) is 5.32 Å². The molecule has 3 N–H and O–H groups in total. The van der Waals surface area contributed by atoms with Gasteiger partial charge < -0.3 is 19.4 Å². The van der Waals surface area contributed by atoms with Crippen LogP contribution in [-0.4, -0.2) is 44.8 Å². The molecule has 1 aliphatic rings. The fraction of sp³-hybridized carbons (Fsp3) is 0.579. The SMILES string of the molecule is COC1CCCCCCC(O)(C(F)(F)F)c2nnc(o2)-c2nc1c(C(F)(F)F)cc2NC(=O)O. The maximum atomic E-state index is 13.8. The lowest BCUT2D eigenvalue weighted by Gasteiger charge is -2.27. The van der Waals surface area contributed by atoms with Gasteiger partial charge in [-0.2, -0.15) is 26.3 Å².